The number of unbranched alkanes of at least 4 members (excludes halogenated alkanes) is 1. The molecule has 36 heavy (non-hydrogen) atoms. The first-order valence-corrected chi connectivity index (χ1v) is 11.6. The third kappa shape index (κ3) is 8.32. The van der Waals surface area contributed by atoms with Crippen LogP contribution < -0.4 is 9.47 Å². The van der Waals surface area contributed by atoms with Crippen LogP contribution in [0.5, 0.6) is 11.5 Å². The number of carbonyl (C=O) groups excluding carboxylic acids is 2. The van der Waals surface area contributed by atoms with Gasteiger partial charge in [0.25, 0.3) is 0 Å². The molecular formula is C28H30O8. The van der Waals surface area contributed by atoms with Crippen molar-refractivity contribution < 1.29 is 38.4 Å². The number of hydrogen-bond acceptors (Lipinski definition) is 8. The number of aliphatic hydroxyl groups excluding tert-OH is 1. The summed E-state index contributed by atoms with van der Waals surface area (Å²) in [6, 6.07) is 13.7. The van der Waals surface area contributed by atoms with Gasteiger partial charge >= 0.3 is 11.9 Å². The summed E-state index contributed by atoms with van der Waals surface area (Å²) in [5.74, 6) is 1.54. The number of rotatable bonds is 13. The van der Waals surface area contributed by atoms with Crippen LogP contribution >= 0.6 is 0 Å². The molecule has 8 heteroatoms. The maximum atomic E-state index is 12.5. The van der Waals surface area contributed by atoms with Gasteiger partial charge in [-0.1, -0.05) is 6.58 Å². The van der Waals surface area contributed by atoms with E-state index in [2.05, 4.69) is 6.58 Å². The number of carbonyl (C=O) groups is 2. The van der Waals surface area contributed by atoms with Crippen LogP contribution in [0.2, 0.25) is 0 Å². The van der Waals surface area contributed by atoms with E-state index in [1.165, 1.54) is 0 Å². The smallest absolute Gasteiger partial charge is 0.343 e. The summed E-state index contributed by atoms with van der Waals surface area (Å²) in [4.78, 5) is 23.4. The maximum absolute atomic E-state index is 12.5. The Morgan fingerprint density at radius 2 is 1.58 bits per heavy atom. The van der Waals surface area contributed by atoms with Crippen LogP contribution in [-0.4, -0.2) is 37.4 Å². The van der Waals surface area contributed by atoms with Crippen LogP contribution in [0.15, 0.2) is 84.9 Å². The molecular weight excluding hydrogens is 464 g/mol. The van der Waals surface area contributed by atoms with Gasteiger partial charge in [-0.3, -0.25) is 0 Å². The van der Waals surface area contributed by atoms with Crippen LogP contribution in [0.3, 0.4) is 0 Å². The number of ether oxygens (including phenoxy) is 5. The van der Waals surface area contributed by atoms with Crippen molar-refractivity contribution in [2.45, 2.75) is 32.0 Å². The molecule has 1 aliphatic carbocycles. The number of esters is 2. The van der Waals surface area contributed by atoms with E-state index in [9.17, 15) is 14.7 Å². The molecule has 0 amide bonds. The molecule has 0 aromatic heterocycles. The molecule has 0 heterocycles. The zero-order chi connectivity index (χ0) is 25.8. The quantitative estimate of drug-likeness (QED) is 0.180. The van der Waals surface area contributed by atoms with Crippen LogP contribution in [0.25, 0.3) is 0 Å². The highest BCUT2D eigenvalue weighted by atomic mass is 16.6. The fraction of sp³-hybridized carbons (Fsp3) is 0.286. The molecule has 1 unspecified atom stereocenters. The van der Waals surface area contributed by atoms with Crippen LogP contribution in [0.4, 0.5) is 0 Å². The Balaban J connectivity index is 1.42. The molecule has 3 rings (SSSR count). The van der Waals surface area contributed by atoms with Gasteiger partial charge in [-0.05, 0) is 73.5 Å². The molecule has 0 saturated heterocycles. The lowest BCUT2D eigenvalue weighted by Crippen LogP contribution is -2.09. The average Bonchev–Trinajstić information content (AvgIpc) is 2.91. The van der Waals surface area contributed by atoms with E-state index in [-0.39, 0.29) is 0 Å². The molecule has 0 radical (unpaired) electrons. The molecule has 1 atom stereocenters. The summed E-state index contributed by atoms with van der Waals surface area (Å²) in [6.07, 6.45) is 5.75. The zero-order valence-electron chi connectivity index (χ0n) is 20.2. The molecule has 0 bridgehead atoms. The van der Waals surface area contributed by atoms with Gasteiger partial charge < -0.3 is 28.8 Å². The van der Waals surface area contributed by atoms with E-state index >= 15 is 0 Å². The van der Waals surface area contributed by atoms with Crippen molar-refractivity contribution in [3.8, 4) is 11.5 Å². The van der Waals surface area contributed by atoms with E-state index in [0.717, 1.165) is 12.5 Å². The summed E-state index contributed by atoms with van der Waals surface area (Å²) in [6.45, 7) is 4.12. The molecule has 2 aromatic rings. The summed E-state index contributed by atoms with van der Waals surface area (Å²) >= 11 is 0. The second kappa shape index (κ2) is 13.7. The SMILES string of the molecule is C=CC(=O)OCCCCOc1ccc(C(=O)OC2=CC=C(OC(O)c3ccc(OC)cc3)CC2)cc1. The Morgan fingerprint density at radius 3 is 2.22 bits per heavy atom. The first-order valence-electron chi connectivity index (χ1n) is 11.6. The number of benzene rings is 2. The summed E-state index contributed by atoms with van der Waals surface area (Å²) in [5, 5.41) is 10.3. The largest absolute Gasteiger partial charge is 0.497 e. The highest BCUT2D eigenvalue weighted by molar-refractivity contribution is 5.90. The number of allylic oxidation sites excluding steroid dienone is 4. The van der Waals surface area contributed by atoms with E-state index in [4.69, 9.17) is 23.7 Å². The van der Waals surface area contributed by atoms with Crippen molar-refractivity contribution in [3.05, 3.63) is 96.0 Å². The van der Waals surface area contributed by atoms with Gasteiger partial charge in [-0.25, -0.2) is 9.59 Å². The van der Waals surface area contributed by atoms with Gasteiger partial charge in [0, 0.05) is 24.5 Å². The second-order valence-electron chi connectivity index (χ2n) is 7.85. The summed E-state index contributed by atoms with van der Waals surface area (Å²) in [7, 11) is 1.58. The van der Waals surface area contributed by atoms with Gasteiger partial charge in [0.1, 0.15) is 23.0 Å². The van der Waals surface area contributed by atoms with Crippen molar-refractivity contribution >= 4 is 11.9 Å². The van der Waals surface area contributed by atoms with Gasteiger partial charge in [-0.15, -0.1) is 0 Å². The average molecular weight is 495 g/mol. The fourth-order valence-corrected chi connectivity index (χ4v) is 3.25. The van der Waals surface area contributed by atoms with Gasteiger partial charge in [0.15, 0.2) is 0 Å². The predicted molar refractivity (Wildman–Crippen MR) is 132 cm³/mol. The minimum Gasteiger partial charge on any atom is -0.497 e. The van der Waals surface area contributed by atoms with E-state index in [1.807, 2.05) is 0 Å². The molecule has 2 aromatic carbocycles. The number of hydrogen-bond donors (Lipinski definition) is 1. The molecule has 0 saturated carbocycles. The van der Waals surface area contributed by atoms with Crippen molar-refractivity contribution in [2.75, 3.05) is 20.3 Å². The molecule has 0 fully saturated rings. The second-order valence-corrected chi connectivity index (χ2v) is 7.85. The van der Waals surface area contributed by atoms with Gasteiger partial charge in [0.2, 0.25) is 6.29 Å². The Morgan fingerprint density at radius 1 is 0.944 bits per heavy atom. The van der Waals surface area contributed by atoms with Crippen LogP contribution in [0, 0.1) is 0 Å². The Bertz CT molecular complexity index is 1080. The van der Waals surface area contributed by atoms with Crippen molar-refractivity contribution in [2.24, 2.45) is 0 Å². The van der Waals surface area contributed by atoms with Crippen molar-refractivity contribution in [1.82, 2.24) is 0 Å². The molecule has 0 aliphatic heterocycles. The summed E-state index contributed by atoms with van der Waals surface area (Å²) in [5.41, 5.74) is 1.01. The highest BCUT2D eigenvalue weighted by Crippen LogP contribution is 2.27. The van der Waals surface area contributed by atoms with E-state index < -0.39 is 18.2 Å². The van der Waals surface area contributed by atoms with Crippen LogP contribution in [-0.2, 0) is 19.0 Å². The third-order valence-corrected chi connectivity index (χ3v) is 5.27. The van der Waals surface area contributed by atoms with Gasteiger partial charge in [-0.2, -0.15) is 0 Å². The normalized spacial score (nSPS) is 13.5. The highest BCUT2D eigenvalue weighted by Gasteiger charge is 2.17. The lowest BCUT2D eigenvalue weighted by atomic mass is 10.1. The molecule has 1 aliphatic rings. The first-order chi connectivity index (χ1) is 17.5. The van der Waals surface area contributed by atoms with Crippen molar-refractivity contribution in [1.29, 1.82) is 0 Å². The fourth-order valence-electron chi connectivity index (χ4n) is 3.25. The topological polar surface area (TPSA) is 101 Å². The zero-order valence-corrected chi connectivity index (χ0v) is 20.2. The number of aliphatic hydroxyl groups is 1. The molecule has 1 N–H and O–H groups in total. The number of methoxy groups -OCH3 is 1. The summed E-state index contributed by atoms with van der Waals surface area (Å²) < 4.78 is 26.8. The monoisotopic (exact) mass is 494 g/mol. The third-order valence-electron chi connectivity index (χ3n) is 5.27. The van der Waals surface area contributed by atoms with Crippen LogP contribution in [0.1, 0.15) is 47.9 Å². The lowest BCUT2D eigenvalue weighted by molar-refractivity contribution is -0.137. The standard InChI is InChI=1S/C28H30O8/c1-3-26(29)34-19-5-4-18-33-23-12-8-21(9-13-23)28(31)36-25-16-14-24(15-17-25)35-27(30)20-6-10-22(32-2)11-7-20/h3,6-14,16,27,30H,1,4-5,15,17-19H2,2H3. The Hall–Kier alpha value is -4.04. The Kier molecular flexibility index (Phi) is 10.1. The van der Waals surface area contributed by atoms with Crippen molar-refractivity contribution in [3.63, 3.8) is 0 Å². The van der Waals surface area contributed by atoms with E-state index in [0.29, 0.717) is 66.6 Å². The first kappa shape index (κ1) is 26.6. The minimum atomic E-state index is -1.10. The molecule has 190 valence electrons. The minimum absolute atomic E-state index is 0.320. The lowest BCUT2D eigenvalue weighted by Gasteiger charge is -2.19. The molecule has 0 spiro atoms. The Labute approximate surface area is 210 Å². The predicted octanol–water partition coefficient (Wildman–Crippen LogP) is 5.01. The van der Waals surface area contributed by atoms with Gasteiger partial charge in [0.05, 0.1) is 25.9 Å². The van der Waals surface area contributed by atoms with E-state index in [1.54, 1.807) is 67.8 Å². The molecule has 8 nitrogen and oxygen atoms in total. The maximum Gasteiger partial charge on any atom is 0.343 e.